The van der Waals surface area contributed by atoms with E-state index in [1.807, 2.05) is 0 Å². The van der Waals surface area contributed by atoms with Crippen LogP contribution in [-0.2, 0) is 6.42 Å². The van der Waals surface area contributed by atoms with Crippen LogP contribution in [0.4, 0.5) is 0 Å². The third kappa shape index (κ3) is 5.11. The topological polar surface area (TPSA) is 9.23 Å². The number of nitrogens with zero attached hydrogens (tertiary/aromatic N) is 1. The molecular formula is C21H30NO+. The van der Waals surface area contributed by atoms with Crippen LogP contribution in [-0.4, -0.2) is 37.3 Å². The van der Waals surface area contributed by atoms with Crippen molar-refractivity contribution in [2.45, 2.75) is 33.3 Å². The molecule has 0 aliphatic carbocycles. The van der Waals surface area contributed by atoms with Gasteiger partial charge in [0.1, 0.15) is 18.4 Å². The number of ether oxygens (including phenoxy) is 1. The molecule has 0 aliphatic heterocycles. The summed E-state index contributed by atoms with van der Waals surface area (Å²) in [6.07, 6.45) is 1.12. The Morgan fingerprint density at radius 1 is 0.913 bits per heavy atom. The fraction of sp³-hybridized carbons (Fsp3) is 0.429. The van der Waals surface area contributed by atoms with E-state index >= 15 is 0 Å². The molecule has 0 aliphatic rings. The molecule has 2 aromatic carbocycles. The summed E-state index contributed by atoms with van der Waals surface area (Å²) in [7, 11) is 2.30. The minimum absolute atomic E-state index is 0.205. The molecule has 0 aromatic heterocycles. The first kappa shape index (κ1) is 17.6. The minimum Gasteiger partial charge on any atom is -0.485 e. The second-order valence-corrected chi connectivity index (χ2v) is 6.63. The molecule has 0 N–H and O–H groups in total. The summed E-state index contributed by atoms with van der Waals surface area (Å²) in [6, 6.07) is 19.0. The van der Waals surface area contributed by atoms with E-state index in [1.165, 1.54) is 11.1 Å². The molecule has 124 valence electrons. The quantitative estimate of drug-likeness (QED) is 0.651. The second-order valence-electron chi connectivity index (χ2n) is 6.63. The lowest BCUT2D eigenvalue weighted by molar-refractivity contribution is -0.908. The van der Waals surface area contributed by atoms with Gasteiger partial charge in [-0.25, -0.2) is 0 Å². The van der Waals surface area contributed by atoms with Crippen molar-refractivity contribution in [3.05, 3.63) is 65.7 Å². The minimum atomic E-state index is 0.205. The van der Waals surface area contributed by atoms with Crippen molar-refractivity contribution in [1.82, 2.24) is 0 Å². The van der Waals surface area contributed by atoms with Crippen LogP contribution in [0.3, 0.4) is 0 Å². The zero-order valence-electron chi connectivity index (χ0n) is 15.0. The Kier molecular flexibility index (Phi) is 6.23. The first-order chi connectivity index (χ1) is 11.1. The highest BCUT2D eigenvalue weighted by atomic mass is 16.5. The van der Waals surface area contributed by atoms with Crippen molar-refractivity contribution < 1.29 is 9.22 Å². The van der Waals surface area contributed by atoms with Crippen molar-refractivity contribution in [2.24, 2.45) is 0 Å². The van der Waals surface area contributed by atoms with Crippen molar-refractivity contribution >= 4 is 0 Å². The summed E-state index contributed by atoms with van der Waals surface area (Å²) < 4.78 is 7.35. The highest BCUT2D eigenvalue weighted by Crippen LogP contribution is 2.23. The van der Waals surface area contributed by atoms with Gasteiger partial charge in [0, 0.05) is 6.42 Å². The predicted octanol–water partition coefficient (Wildman–Crippen LogP) is 4.53. The number of likely N-dealkylation sites (N-methyl/N-ethyl adjacent to an activating group) is 1. The molecule has 2 heteroatoms. The zero-order chi connectivity index (χ0) is 16.7. The monoisotopic (exact) mass is 312 g/mol. The SMILES string of the molecule is CC[N+](C)(CC)CC(C)Oc1ccccc1Cc1ccccc1. The van der Waals surface area contributed by atoms with Crippen molar-refractivity contribution in [3.8, 4) is 5.75 Å². The smallest absolute Gasteiger partial charge is 0.145 e. The molecule has 0 radical (unpaired) electrons. The lowest BCUT2D eigenvalue weighted by Crippen LogP contribution is -2.49. The molecule has 1 unspecified atom stereocenters. The lowest BCUT2D eigenvalue weighted by Gasteiger charge is -2.34. The molecule has 0 saturated carbocycles. The molecule has 0 heterocycles. The molecule has 2 aromatic rings. The summed E-state index contributed by atoms with van der Waals surface area (Å²) in [5.41, 5.74) is 2.58. The number of rotatable bonds is 8. The molecule has 0 spiro atoms. The third-order valence-electron chi connectivity index (χ3n) is 4.76. The Morgan fingerprint density at radius 3 is 2.17 bits per heavy atom. The van der Waals surface area contributed by atoms with E-state index < -0.39 is 0 Å². The molecular weight excluding hydrogens is 282 g/mol. The first-order valence-corrected chi connectivity index (χ1v) is 8.68. The van der Waals surface area contributed by atoms with Gasteiger partial charge in [0.25, 0.3) is 0 Å². The van der Waals surface area contributed by atoms with Crippen molar-refractivity contribution in [3.63, 3.8) is 0 Å². The largest absolute Gasteiger partial charge is 0.485 e. The summed E-state index contributed by atoms with van der Waals surface area (Å²) in [5.74, 6) is 1.02. The van der Waals surface area contributed by atoms with E-state index in [0.717, 1.165) is 36.3 Å². The van der Waals surface area contributed by atoms with Crippen LogP contribution in [0.2, 0.25) is 0 Å². The van der Waals surface area contributed by atoms with E-state index in [2.05, 4.69) is 82.4 Å². The molecule has 2 nitrogen and oxygen atoms in total. The molecule has 1 atom stereocenters. The van der Waals surface area contributed by atoms with E-state index in [1.54, 1.807) is 0 Å². The van der Waals surface area contributed by atoms with Gasteiger partial charge in [-0.3, -0.25) is 0 Å². The van der Waals surface area contributed by atoms with Gasteiger partial charge in [0.05, 0.1) is 20.1 Å². The average molecular weight is 312 g/mol. The van der Waals surface area contributed by atoms with Crippen LogP contribution in [0.15, 0.2) is 54.6 Å². The number of quaternary nitrogens is 1. The van der Waals surface area contributed by atoms with Crippen LogP contribution >= 0.6 is 0 Å². The Bertz CT molecular complexity index is 590. The Hall–Kier alpha value is -1.80. The van der Waals surface area contributed by atoms with Crippen LogP contribution in [0.5, 0.6) is 5.75 Å². The van der Waals surface area contributed by atoms with E-state index in [0.29, 0.717) is 0 Å². The molecule has 0 amide bonds. The van der Waals surface area contributed by atoms with Crippen LogP contribution < -0.4 is 4.74 Å². The molecule has 23 heavy (non-hydrogen) atoms. The maximum absolute atomic E-state index is 6.30. The number of hydrogen-bond acceptors (Lipinski definition) is 1. The summed E-state index contributed by atoms with van der Waals surface area (Å²) in [6.45, 7) is 9.98. The van der Waals surface area contributed by atoms with Crippen molar-refractivity contribution in [1.29, 1.82) is 0 Å². The number of hydrogen-bond donors (Lipinski definition) is 0. The van der Waals surface area contributed by atoms with Gasteiger partial charge in [-0.2, -0.15) is 0 Å². The highest BCUT2D eigenvalue weighted by Gasteiger charge is 2.22. The fourth-order valence-corrected chi connectivity index (χ4v) is 2.94. The van der Waals surface area contributed by atoms with Gasteiger partial charge in [-0.1, -0.05) is 48.5 Å². The predicted molar refractivity (Wildman–Crippen MR) is 97.9 cm³/mol. The normalized spacial score (nSPS) is 12.9. The van der Waals surface area contributed by atoms with Gasteiger partial charge in [0.2, 0.25) is 0 Å². The van der Waals surface area contributed by atoms with Gasteiger partial charge in [-0.05, 0) is 38.0 Å². The number of benzene rings is 2. The molecule has 0 bridgehead atoms. The average Bonchev–Trinajstić information content (AvgIpc) is 2.57. The Labute approximate surface area is 141 Å². The first-order valence-electron chi connectivity index (χ1n) is 8.68. The van der Waals surface area contributed by atoms with Crippen molar-refractivity contribution in [2.75, 3.05) is 26.7 Å². The van der Waals surface area contributed by atoms with Gasteiger partial charge in [-0.15, -0.1) is 0 Å². The van der Waals surface area contributed by atoms with E-state index in [4.69, 9.17) is 4.74 Å². The zero-order valence-corrected chi connectivity index (χ0v) is 15.0. The summed E-state index contributed by atoms with van der Waals surface area (Å²) >= 11 is 0. The van der Waals surface area contributed by atoms with Gasteiger partial charge < -0.3 is 9.22 Å². The number of para-hydroxylation sites is 1. The molecule has 0 fully saturated rings. The fourth-order valence-electron chi connectivity index (χ4n) is 2.94. The summed E-state index contributed by atoms with van der Waals surface area (Å²) in [4.78, 5) is 0. The standard InChI is InChI=1S/C21H30NO/c1-5-22(4,6-2)17-18(3)23-21-15-11-10-14-20(21)16-19-12-8-7-9-13-19/h7-15,18H,5-6,16-17H2,1-4H3/q+1. The Morgan fingerprint density at radius 2 is 1.52 bits per heavy atom. The highest BCUT2D eigenvalue weighted by molar-refractivity contribution is 5.37. The molecule has 0 saturated heterocycles. The van der Waals surface area contributed by atoms with Gasteiger partial charge in [0.15, 0.2) is 0 Å². The van der Waals surface area contributed by atoms with E-state index in [-0.39, 0.29) is 6.10 Å². The third-order valence-corrected chi connectivity index (χ3v) is 4.76. The summed E-state index contributed by atoms with van der Waals surface area (Å²) in [5, 5.41) is 0. The van der Waals surface area contributed by atoms with Crippen LogP contribution in [0.1, 0.15) is 31.9 Å². The maximum Gasteiger partial charge on any atom is 0.145 e. The molecule has 2 rings (SSSR count). The van der Waals surface area contributed by atoms with Gasteiger partial charge >= 0.3 is 0 Å². The van der Waals surface area contributed by atoms with E-state index in [9.17, 15) is 0 Å². The van der Waals surface area contributed by atoms with Crippen LogP contribution in [0, 0.1) is 0 Å². The van der Waals surface area contributed by atoms with Crippen LogP contribution in [0.25, 0.3) is 0 Å². The lowest BCUT2D eigenvalue weighted by atomic mass is 10.0. The maximum atomic E-state index is 6.30. The Balaban J connectivity index is 2.08. The second kappa shape index (κ2) is 8.16.